The molecule has 2 N–H and O–H groups in total. The van der Waals surface area contributed by atoms with Crippen molar-refractivity contribution in [2.24, 2.45) is 0 Å². The minimum Gasteiger partial charge on any atom is -0.319 e. The molecular formula is C11H14N4. The second kappa shape index (κ2) is 4.70. The van der Waals surface area contributed by atoms with E-state index < -0.39 is 0 Å². The van der Waals surface area contributed by atoms with Crippen LogP contribution in [0.15, 0.2) is 24.4 Å². The number of H-pyrrole nitrogens is 1. The summed E-state index contributed by atoms with van der Waals surface area (Å²) in [4.78, 5) is 4.16. The van der Waals surface area contributed by atoms with E-state index in [1.54, 1.807) is 6.20 Å². The highest BCUT2D eigenvalue weighted by Crippen LogP contribution is 2.13. The van der Waals surface area contributed by atoms with E-state index in [9.17, 15) is 0 Å². The molecule has 2 rings (SSSR count). The van der Waals surface area contributed by atoms with E-state index in [1.807, 2.05) is 25.3 Å². The third kappa shape index (κ3) is 2.22. The summed E-state index contributed by atoms with van der Waals surface area (Å²) < 4.78 is 0. The molecule has 0 aliphatic carbocycles. The third-order valence-corrected chi connectivity index (χ3v) is 2.20. The van der Waals surface area contributed by atoms with Crippen LogP contribution in [-0.4, -0.2) is 28.8 Å². The van der Waals surface area contributed by atoms with Crippen molar-refractivity contribution < 1.29 is 0 Å². The molecule has 78 valence electrons. The number of hydrogen-bond acceptors (Lipinski definition) is 3. The first-order valence-electron chi connectivity index (χ1n) is 5.02. The van der Waals surface area contributed by atoms with Gasteiger partial charge in [-0.1, -0.05) is 6.08 Å². The predicted molar refractivity (Wildman–Crippen MR) is 61.5 cm³/mol. The van der Waals surface area contributed by atoms with Crippen molar-refractivity contribution in [1.29, 1.82) is 0 Å². The molecule has 0 saturated heterocycles. The maximum atomic E-state index is 4.16. The first-order chi connectivity index (χ1) is 7.42. The molecule has 15 heavy (non-hydrogen) atoms. The number of aromatic nitrogens is 3. The van der Waals surface area contributed by atoms with Crippen LogP contribution in [0.3, 0.4) is 0 Å². The van der Waals surface area contributed by atoms with Crippen LogP contribution in [0.2, 0.25) is 0 Å². The van der Waals surface area contributed by atoms with Gasteiger partial charge >= 0.3 is 0 Å². The van der Waals surface area contributed by atoms with Crippen molar-refractivity contribution in [3.63, 3.8) is 0 Å². The largest absolute Gasteiger partial charge is 0.319 e. The Morgan fingerprint density at radius 2 is 2.47 bits per heavy atom. The normalized spacial score (nSPS) is 11.5. The van der Waals surface area contributed by atoms with E-state index in [2.05, 4.69) is 26.6 Å². The van der Waals surface area contributed by atoms with Crippen LogP contribution in [0.4, 0.5) is 0 Å². The molecule has 0 amide bonds. The maximum Gasteiger partial charge on any atom is 0.181 e. The van der Waals surface area contributed by atoms with Crippen LogP contribution in [0.25, 0.3) is 17.1 Å². The molecule has 2 aromatic heterocycles. The summed E-state index contributed by atoms with van der Waals surface area (Å²) in [6.07, 6.45) is 6.93. The van der Waals surface area contributed by atoms with Crippen LogP contribution in [0.5, 0.6) is 0 Å². The van der Waals surface area contributed by atoms with Crippen molar-refractivity contribution in [2.45, 2.75) is 6.42 Å². The Morgan fingerprint density at radius 1 is 1.53 bits per heavy atom. The van der Waals surface area contributed by atoms with Crippen LogP contribution >= 0.6 is 0 Å². The van der Waals surface area contributed by atoms with Crippen LogP contribution in [0, 0.1) is 0 Å². The second-order valence-corrected chi connectivity index (χ2v) is 3.31. The molecule has 0 spiro atoms. The molecular weight excluding hydrogens is 188 g/mol. The van der Waals surface area contributed by atoms with E-state index in [0.29, 0.717) is 0 Å². The lowest BCUT2D eigenvalue weighted by Crippen LogP contribution is -2.05. The zero-order valence-electron chi connectivity index (χ0n) is 8.70. The Bertz CT molecular complexity index is 458. The summed E-state index contributed by atoms with van der Waals surface area (Å²) in [5.41, 5.74) is 1.79. The molecule has 0 radical (unpaired) electrons. The fourth-order valence-electron chi connectivity index (χ4n) is 1.43. The molecule has 0 unspecified atom stereocenters. The lowest BCUT2D eigenvalue weighted by Gasteiger charge is -1.91. The van der Waals surface area contributed by atoms with Crippen molar-refractivity contribution in [1.82, 2.24) is 20.5 Å². The number of nitrogens with one attached hydrogen (secondary N) is 2. The lowest BCUT2D eigenvalue weighted by atomic mass is 10.2. The first-order valence-corrected chi connectivity index (χ1v) is 5.02. The van der Waals surface area contributed by atoms with E-state index in [-0.39, 0.29) is 0 Å². The Balaban J connectivity index is 2.17. The van der Waals surface area contributed by atoms with Gasteiger partial charge in [0, 0.05) is 11.6 Å². The van der Waals surface area contributed by atoms with Crippen molar-refractivity contribution in [2.75, 3.05) is 13.6 Å². The van der Waals surface area contributed by atoms with E-state index in [0.717, 1.165) is 29.7 Å². The van der Waals surface area contributed by atoms with E-state index in [4.69, 9.17) is 0 Å². The molecule has 0 aliphatic heterocycles. The average Bonchev–Trinajstić information content (AvgIpc) is 2.68. The molecule has 0 aliphatic rings. The number of hydrogen-bond donors (Lipinski definition) is 2. The van der Waals surface area contributed by atoms with Crippen molar-refractivity contribution in [3.8, 4) is 0 Å². The fourth-order valence-corrected chi connectivity index (χ4v) is 1.43. The summed E-state index contributed by atoms with van der Waals surface area (Å²) in [6, 6.07) is 3.94. The number of aromatic amines is 1. The highest BCUT2D eigenvalue weighted by molar-refractivity contribution is 5.83. The zero-order chi connectivity index (χ0) is 10.5. The summed E-state index contributed by atoms with van der Waals surface area (Å²) in [7, 11) is 1.95. The predicted octanol–water partition coefficient (Wildman–Crippen LogP) is 1.58. The minimum atomic E-state index is 0.769. The SMILES string of the molecule is CNCCC=Cc1[nH]nc2ncccc12. The standard InChI is InChI=1S/C11H14N4/c1-12-7-3-2-6-10-9-5-4-8-13-11(9)15-14-10/h2,4-6,8,12H,3,7H2,1H3,(H,13,14,15). The minimum absolute atomic E-state index is 0.769. The second-order valence-electron chi connectivity index (χ2n) is 3.31. The topological polar surface area (TPSA) is 53.6 Å². The molecule has 4 nitrogen and oxygen atoms in total. The van der Waals surface area contributed by atoms with Gasteiger partial charge in [0.2, 0.25) is 0 Å². The van der Waals surface area contributed by atoms with E-state index in [1.165, 1.54) is 0 Å². The Kier molecular flexibility index (Phi) is 3.09. The van der Waals surface area contributed by atoms with Gasteiger partial charge < -0.3 is 5.32 Å². The van der Waals surface area contributed by atoms with Gasteiger partial charge in [-0.15, -0.1) is 0 Å². The molecule has 0 atom stereocenters. The highest BCUT2D eigenvalue weighted by atomic mass is 15.1. The van der Waals surface area contributed by atoms with Gasteiger partial charge in [0.25, 0.3) is 0 Å². The Morgan fingerprint density at radius 3 is 3.33 bits per heavy atom. The van der Waals surface area contributed by atoms with Crippen molar-refractivity contribution in [3.05, 3.63) is 30.1 Å². The summed E-state index contributed by atoms with van der Waals surface area (Å²) in [5, 5.41) is 11.2. The zero-order valence-corrected chi connectivity index (χ0v) is 8.70. The number of nitrogens with zero attached hydrogens (tertiary/aromatic N) is 2. The van der Waals surface area contributed by atoms with Crippen LogP contribution in [-0.2, 0) is 0 Å². The number of pyridine rings is 1. The summed E-state index contributed by atoms with van der Waals surface area (Å²) in [6.45, 7) is 0.987. The quantitative estimate of drug-likeness (QED) is 0.740. The number of fused-ring (bicyclic) bond motifs is 1. The smallest absolute Gasteiger partial charge is 0.181 e. The highest BCUT2D eigenvalue weighted by Gasteiger charge is 2.00. The maximum absolute atomic E-state index is 4.16. The average molecular weight is 202 g/mol. The Labute approximate surface area is 88.4 Å². The van der Waals surface area contributed by atoms with E-state index >= 15 is 0 Å². The molecule has 2 heterocycles. The molecule has 0 bridgehead atoms. The first kappa shape index (κ1) is 9.86. The van der Waals surface area contributed by atoms with Gasteiger partial charge in [0.15, 0.2) is 5.65 Å². The molecule has 4 heteroatoms. The third-order valence-electron chi connectivity index (χ3n) is 2.20. The fraction of sp³-hybridized carbons (Fsp3) is 0.273. The van der Waals surface area contributed by atoms with Crippen LogP contribution in [0.1, 0.15) is 12.1 Å². The summed E-state index contributed by atoms with van der Waals surface area (Å²) in [5.74, 6) is 0. The van der Waals surface area contributed by atoms with Gasteiger partial charge in [-0.25, -0.2) is 4.98 Å². The number of rotatable bonds is 4. The summed E-state index contributed by atoms with van der Waals surface area (Å²) >= 11 is 0. The molecule has 2 aromatic rings. The molecule has 0 saturated carbocycles. The van der Waals surface area contributed by atoms with Gasteiger partial charge in [-0.3, -0.25) is 5.10 Å². The van der Waals surface area contributed by atoms with Crippen molar-refractivity contribution >= 4 is 17.1 Å². The Hall–Kier alpha value is -1.68. The molecule has 0 fully saturated rings. The van der Waals surface area contributed by atoms with Crippen LogP contribution < -0.4 is 5.32 Å². The van der Waals surface area contributed by atoms with Gasteiger partial charge in [-0.05, 0) is 38.2 Å². The van der Waals surface area contributed by atoms with Gasteiger partial charge in [0.1, 0.15) is 0 Å². The van der Waals surface area contributed by atoms with Gasteiger partial charge in [0.05, 0.1) is 5.69 Å². The van der Waals surface area contributed by atoms with Gasteiger partial charge in [-0.2, -0.15) is 5.10 Å². The monoisotopic (exact) mass is 202 g/mol. The molecule has 0 aromatic carbocycles. The lowest BCUT2D eigenvalue weighted by molar-refractivity contribution is 0.809.